The summed E-state index contributed by atoms with van der Waals surface area (Å²) in [6, 6.07) is 21.3. The fourth-order valence-corrected chi connectivity index (χ4v) is 6.36. The summed E-state index contributed by atoms with van der Waals surface area (Å²) in [7, 11) is -3.97. The van der Waals surface area contributed by atoms with Gasteiger partial charge in [-0.2, -0.15) is 0 Å². The molecule has 0 saturated carbocycles. The Bertz CT molecular complexity index is 1310. The van der Waals surface area contributed by atoms with Crippen LogP contribution in [0, 0.1) is 13.8 Å². The Morgan fingerprint density at radius 1 is 0.972 bits per heavy atom. The van der Waals surface area contributed by atoms with Crippen molar-refractivity contribution < 1.29 is 17.9 Å². The molecule has 36 heavy (non-hydrogen) atoms. The Kier molecular flexibility index (Phi) is 7.41. The Morgan fingerprint density at radius 3 is 2.22 bits per heavy atom. The molecule has 0 spiro atoms. The predicted molar refractivity (Wildman–Crippen MR) is 143 cm³/mol. The molecule has 1 atom stereocenters. The molecule has 3 aromatic carbocycles. The van der Waals surface area contributed by atoms with Crippen LogP contribution in [0.1, 0.15) is 55.8 Å². The molecule has 6 nitrogen and oxygen atoms in total. The Labute approximate surface area is 214 Å². The zero-order chi connectivity index (χ0) is 25.9. The molecule has 1 N–H and O–H groups in total. The van der Waals surface area contributed by atoms with Crippen LogP contribution >= 0.6 is 0 Å². The summed E-state index contributed by atoms with van der Waals surface area (Å²) in [5, 5.41) is 3.13. The maximum atomic E-state index is 13.7. The van der Waals surface area contributed by atoms with E-state index in [0.717, 1.165) is 35.3 Å². The normalized spacial score (nSPS) is 16.5. The van der Waals surface area contributed by atoms with Crippen molar-refractivity contribution >= 4 is 21.6 Å². The average molecular weight is 507 g/mol. The number of hydrogen-bond donors (Lipinski definition) is 1. The molecule has 0 fully saturated rings. The number of anilines is 1. The van der Waals surface area contributed by atoms with Crippen LogP contribution in [0.15, 0.2) is 77.7 Å². The van der Waals surface area contributed by atoms with E-state index in [-0.39, 0.29) is 29.0 Å². The molecule has 1 aliphatic rings. The fraction of sp³-hybridized carbons (Fsp3) is 0.345. The van der Waals surface area contributed by atoms with Gasteiger partial charge in [0.05, 0.1) is 16.6 Å². The van der Waals surface area contributed by atoms with E-state index < -0.39 is 10.0 Å². The molecule has 4 rings (SSSR count). The van der Waals surface area contributed by atoms with Gasteiger partial charge in [0.25, 0.3) is 10.0 Å². The molecule has 0 aromatic heterocycles. The lowest BCUT2D eigenvalue weighted by Gasteiger charge is -2.41. The summed E-state index contributed by atoms with van der Waals surface area (Å²) < 4.78 is 35.0. The molecule has 0 bridgehead atoms. The van der Waals surface area contributed by atoms with Crippen molar-refractivity contribution in [3.05, 3.63) is 89.5 Å². The second-order valence-corrected chi connectivity index (χ2v) is 11.4. The van der Waals surface area contributed by atoms with Gasteiger partial charge in [-0.05, 0) is 68.1 Å². The third kappa shape index (κ3) is 5.26. The smallest absolute Gasteiger partial charge is 0.264 e. The van der Waals surface area contributed by atoms with Crippen molar-refractivity contribution in [3.63, 3.8) is 0 Å². The molecule has 190 valence electrons. The number of sulfonamides is 1. The molecule has 1 aliphatic heterocycles. The van der Waals surface area contributed by atoms with Crippen molar-refractivity contribution in [1.82, 2.24) is 5.32 Å². The maximum absolute atomic E-state index is 13.7. The van der Waals surface area contributed by atoms with E-state index in [9.17, 15) is 13.2 Å². The SMILES string of the molecule is CCC1(CC)C[C@@H](NC(=O)CN(c2cc(C)cc(C)c2)S(=O)(=O)c2ccccc2)c2ccccc2O1. The highest BCUT2D eigenvalue weighted by Crippen LogP contribution is 2.42. The van der Waals surface area contributed by atoms with Crippen LogP contribution in [0.25, 0.3) is 0 Å². The standard InChI is InChI=1S/C29H34N2O4S/c1-5-29(6-2)19-26(25-14-10-11-15-27(25)35-29)30-28(32)20-31(23-17-21(3)16-22(4)18-23)36(33,34)24-12-8-7-9-13-24/h7-18,26H,5-6,19-20H2,1-4H3,(H,30,32)/t26-/m1/s1. The number of hydrogen-bond acceptors (Lipinski definition) is 4. The number of carbonyl (C=O) groups is 1. The quantitative estimate of drug-likeness (QED) is 0.425. The molecule has 0 unspecified atom stereocenters. The number of para-hydroxylation sites is 1. The number of nitrogens with one attached hydrogen (secondary N) is 1. The van der Waals surface area contributed by atoms with Gasteiger partial charge in [-0.15, -0.1) is 0 Å². The van der Waals surface area contributed by atoms with E-state index in [1.54, 1.807) is 42.5 Å². The fourth-order valence-electron chi connectivity index (χ4n) is 4.93. The Morgan fingerprint density at radius 2 is 1.58 bits per heavy atom. The molecule has 1 heterocycles. The lowest BCUT2D eigenvalue weighted by Crippen LogP contribution is -2.47. The van der Waals surface area contributed by atoms with Crippen LogP contribution < -0.4 is 14.4 Å². The third-order valence-corrected chi connectivity index (χ3v) is 8.72. The van der Waals surface area contributed by atoms with Gasteiger partial charge < -0.3 is 10.1 Å². The largest absolute Gasteiger partial charge is 0.487 e. The van der Waals surface area contributed by atoms with Gasteiger partial charge in [0.2, 0.25) is 5.91 Å². The first kappa shape index (κ1) is 25.8. The summed E-state index contributed by atoms with van der Waals surface area (Å²) in [6.07, 6.45) is 2.24. The van der Waals surface area contributed by atoms with Crippen LogP contribution in [0.5, 0.6) is 5.75 Å². The average Bonchev–Trinajstić information content (AvgIpc) is 2.87. The van der Waals surface area contributed by atoms with E-state index in [0.29, 0.717) is 12.1 Å². The monoisotopic (exact) mass is 506 g/mol. The van der Waals surface area contributed by atoms with Crippen molar-refractivity contribution in [3.8, 4) is 5.75 Å². The molecule has 0 saturated heterocycles. The number of nitrogens with zero attached hydrogens (tertiary/aromatic N) is 1. The second kappa shape index (κ2) is 10.3. The topological polar surface area (TPSA) is 75.7 Å². The molecule has 1 amide bonds. The third-order valence-electron chi connectivity index (χ3n) is 6.93. The summed E-state index contributed by atoms with van der Waals surface area (Å²) in [6.45, 7) is 7.68. The zero-order valence-electron chi connectivity index (χ0n) is 21.3. The van der Waals surface area contributed by atoms with Gasteiger partial charge in [-0.25, -0.2) is 8.42 Å². The molecular formula is C29H34N2O4S. The number of rotatable bonds is 8. The molecule has 0 radical (unpaired) electrons. The highest BCUT2D eigenvalue weighted by atomic mass is 32.2. The van der Waals surface area contributed by atoms with Crippen molar-refractivity contribution in [2.24, 2.45) is 0 Å². The lowest BCUT2D eigenvalue weighted by molar-refractivity contribution is -0.121. The Hall–Kier alpha value is -3.32. The minimum atomic E-state index is -3.97. The van der Waals surface area contributed by atoms with E-state index in [1.165, 1.54) is 4.31 Å². The summed E-state index contributed by atoms with van der Waals surface area (Å²) in [4.78, 5) is 13.6. The molecule has 0 aliphatic carbocycles. The zero-order valence-corrected chi connectivity index (χ0v) is 22.1. The Balaban J connectivity index is 1.67. The first-order chi connectivity index (χ1) is 17.2. The van der Waals surface area contributed by atoms with Crippen LogP contribution in [0.2, 0.25) is 0 Å². The highest BCUT2D eigenvalue weighted by Gasteiger charge is 2.39. The van der Waals surface area contributed by atoms with Gasteiger partial charge in [0.15, 0.2) is 0 Å². The first-order valence-electron chi connectivity index (χ1n) is 12.4. The van der Waals surface area contributed by atoms with Crippen molar-refractivity contribution in [2.45, 2.75) is 63.5 Å². The van der Waals surface area contributed by atoms with E-state index in [4.69, 9.17) is 4.74 Å². The number of aryl methyl sites for hydroxylation is 2. The highest BCUT2D eigenvalue weighted by molar-refractivity contribution is 7.92. The lowest BCUT2D eigenvalue weighted by atomic mass is 9.83. The second-order valence-electron chi connectivity index (χ2n) is 9.52. The van der Waals surface area contributed by atoms with Crippen LogP contribution in [0.4, 0.5) is 5.69 Å². The number of ether oxygens (including phenoxy) is 1. The summed E-state index contributed by atoms with van der Waals surface area (Å²) in [5.41, 5.74) is 2.85. The molecule has 3 aromatic rings. The summed E-state index contributed by atoms with van der Waals surface area (Å²) >= 11 is 0. The van der Waals surface area contributed by atoms with Gasteiger partial charge in [-0.3, -0.25) is 9.10 Å². The number of fused-ring (bicyclic) bond motifs is 1. The maximum Gasteiger partial charge on any atom is 0.264 e. The van der Waals surface area contributed by atoms with Crippen LogP contribution in [-0.2, 0) is 14.8 Å². The van der Waals surface area contributed by atoms with Gasteiger partial charge in [-0.1, -0.05) is 56.3 Å². The summed E-state index contributed by atoms with van der Waals surface area (Å²) in [5.74, 6) is 0.400. The van der Waals surface area contributed by atoms with Gasteiger partial charge >= 0.3 is 0 Å². The van der Waals surface area contributed by atoms with Gasteiger partial charge in [0, 0.05) is 12.0 Å². The molecular weight excluding hydrogens is 472 g/mol. The first-order valence-corrected chi connectivity index (χ1v) is 13.8. The number of carbonyl (C=O) groups excluding carboxylic acids is 1. The minimum Gasteiger partial charge on any atom is -0.487 e. The number of amides is 1. The number of benzene rings is 3. The van der Waals surface area contributed by atoms with E-state index in [2.05, 4.69) is 19.2 Å². The van der Waals surface area contributed by atoms with Crippen molar-refractivity contribution in [2.75, 3.05) is 10.8 Å². The van der Waals surface area contributed by atoms with Crippen molar-refractivity contribution in [1.29, 1.82) is 0 Å². The van der Waals surface area contributed by atoms with Gasteiger partial charge in [0.1, 0.15) is 17.9 Å². The van der Waals surface area contributed by atoms with E-state index in [1.807, 2.05) is 44.2 Å². The predicted octanol–water partition coefficient (Wildman–Crippen LogP) is 5.70. The van der Waals surface area contributed by atoms with Crippen LogP contribution in [0.3, 0.4) is 0 Å². The molecule has 7 heteroatoms. The van der Waals surface area contributed by atoms with Crippen LogP contribution in [-0.4, -0.2) is 26.5 Å². The minimum absolute atomic E-state index is 0.143. The van der Waals surface area contributed by atoms with E-state index >= 15 is 0 Å².